The summed E-state index contributed by atoms with van der Waals surface area (Å²) < 4.78 is 0. The highest BCUT2D eigenvalue weighted by atomic mass is 32.1. The Morgan fingerprint density at radius 3 is 2.60 bits per heavy atom. The van der Waals surface area contributed by atoms with Crippen molar-refractivity contribution in [2.45, 2.75) is 70.3 Å². The molecular formula is C30H36N2O2S. The van der Waals surface area contributed by atoms with Crippen molar-refractivity contribution in [3.05, 3.63) is 69.4 Å². The zero-order valence-electron chi connectivity index (χ0n) is 20.8. The van der Waals surface area contributed by atoms with Crippen molar-refractivity contribution < 1.29 is 9.59 Å². The Hall–Kier alpha value is -2.50. The summed E-state index contributed by atoms with van der Waals surface area (Å²) in [7, 11) is 0. The van der Waals surface area contributed by atoms with Crippen molar-refractivity contribution in [3.63, 3.8) is 0 Å². The van der Waals surface area contributed by atoms with Gasteiger partial charge in [-0.2, -0.15) is 11.3 Å². The van der Waals surface area contributed by atoms with Crippen molar-refractivity contribution in [2.24, 2.45) is 0 Å². The van der Waals surface area contributed by atoms with Crippen LogP contribution in [0, 0.1) is 0 Å². The van der Waals surface area contributed by atoms with Gasteiger partial charge in [-0.25, -0.2) is 0 Å². The Morgan fingerprint density at radius 1 is 1.00 bits per heavy atom. The maximum Gasteiger partial charge on any atom is 0.224 e. The quantitative estimate of drug-likeness (QED) is 0.418. The summed E-state index contributed by atoms with van der Waals surface area (Å²) in [6.07, 6.45) is 9.29. The van der Waals surface area contributed by atoms with Gasteiger partial charge in [0.15, 0.2) is 5.78 Å². The summed E-state index contributed by atoms with van der Waals surface area (Å²) >= 11 is 1.70. The minimum Gasteiger partial charge on any atom is -0.350 e. The SMILES string of the molecule is CC(=O)c1ccc2c(c1)CCN(CCC1(NC(=O)Cc3cccc4cscc34)CCCCC1)CC2. The Labute approximate surface area is 212 Å². The molecule has 0 bridgehead atoms. The third-order valence-electron chi connectivity index (χ3n) is 8.09. The normalized spacial score (nSPS) is 18.1. The van der Waals surface area contributed by atoms with Crippen LogP contribution in [0.3, 0.4) is 0 Å². The molecule has 2 aromatic carbocycles. The van der Waals surface area contributed by atoms with E-state index in [1.54, 1.807) is 18.3 Å². The zero-order valence-corrected chi connectivity index (χ0v) is 21.6. The molecule has 0 saturated heterocycles. The number of fused-ring (bicyclic) bond motifs is 2. The zero-order chi connectivity index (χ0) is 24.3. The van der Waals surface area contributed by atoms with Crippen LogP contribution in [0.5, 0.6) is 0 Å². The Bertz CT molecular complexity index is 1210. The Kier molecular flexibility index (Phi) is 7.35. The van der Waals surface area contributed by atoms with Gasteiger partial charge in [0.05, 0.1) is 6.42 Å². The molecule has 1 amide bonds. The number of nitrogens with one attached hydrogen (secondary N) is 1. The molecule has 1 aliphatic heterocycles. The fraction of sp³-hybridized carbons (Fsp3) is 0.467. The van der Waals surface area contributed by atoms with E-state index in [2.05, 4.69) is 51.3 Å². The van der Waals surface area contributed by atoms with Gasteiger partial charge in [-0.3, -0.25) is 9.59 Å². The van der Waals surface area contributed by atoms with E-state index >= 15 is 0 Å². The largest absolute Gasteiger partial charge is 0.350 e. The lowest BCUT2D eigenvalue weighted by Gasteiger charge is -2.40. The van der Waals surface area contributed by atoms with Gasteiger partial charge >= 0.3 is 0 Å². The van der Waals surface area contributed by atoms with Crippen LogP contribution in [-0.4, -0.2) is 41.8 Å². The fourth-order valence-electron chi connectivity index (χ4n) is 5.97. The molecule has 35 heavy (non-hydrogen) atoms. The van der Waals surface area contributed by atoms with Gasteiger partial charge in [-0.1, -0.05) is 49.6 Å². The molecule has 5 rings (SSSR count). The van der Waals surface area contributed by atoms with Crippen LogP contribution >= 0.6 is 11.3 Å². The number of amides is 1. The molecule has 0 atom stereocenters. The molecule has 4 nitrogen and oxygen atoms in total. The second-order valence-electron chi connectivity index (χ2n) is 10.5. The first kappa shape index (κ1) is 24.2. The number of hydrogen-bond donors (Lipinski definition) is 1. The van der Waals surface area contributed by atoms with E-state index in [0.29, 0.717) is 6.42 Å². The Morgan fingerprint density at radius 2 is 1.80 bits per heavy atom. The number of rotatable bonds is 7. The fourth-order valence-corrected chi connectivity index (χ4v) is 6.82. The molecule has 1 N–H and O–H groups in total. The monoisotopic (exact) mass is 488 g/mol. The number of nitrogens with zero attached hydrogens (tertiary/aromatic N) is 1. The van der Waals surface area contributed by atoms with E-state index in [0.717, 1.165) is 62.9 Å². The summed E-state index contributed by atoms with van der Waals surface area (Å²) in [4.78, 5) is 27.6. The van der Waals surface area contributed by atoms with Crippen molar-refractivity contribution in [1.82, 2.24) is 10.2 Å². The van der Waals surface area contributed by atoms with Crippen LogP contribution in [0.4, 0.5) is 0 Å². The predicted molar refractivity (Wildman–Crippen MR) is 144 cm³/mol. The molecule has 2 aliphatic rings. The van der Waals surface area contributed by atoms with Gasteiger partial charge in [-0.05, 0) is 83.3 Å². The number of Topliss-reactive ketones (excluding diaryl/α,β-unsaturated/α-hetero) is 1. The number of hydrogen-bond acceptors (Lipinski definition) is 4. The minimum absolute atomic E-state index is 0.0845. The number of thiophene rings is 1. The number of carbonyl (C=O) groups excluding carboxylic acids is 2. The highest BCUT2D eigenvalue weighted by molar-refractivity contribution is 7.09. The van der Waals surface area contributed by atoms with Crippen molar-refractivity contribution in [2.75, 3.05) is 19.6 Å². The van der Waals surface area contributed by atoms with Gasteiger partial charge < -0.3 is 10.2 Å². The first-order chi connectivity index (χ1) is 17.0. The molecular weight excluding hydrogens is 452 g/mol. The number of benzene rings is 2. The lowest BCUT2D eigenvalue weighted by Crippen LogP contribution is -2.52. The van der Waals surface area contributed by atoms with Crippen LogP contribution in [0.1, 0.15) is 72.5 Å². The summed E-state index contributed by atoms with van der Waals surface area (Å²) in [5.74, 6) is 0.296. The maximum atomic E-state index is 13.2. The van der Waals surface area contributed by atoms with Crippen LogP contribution < -0.4 is 5.32 Å². The van der Waals surface area contributed by atoms with Gasteiger partial charge in [0.25, 0.3) is 0 Å². The van der Waals surface area contributed by atoms with E-state index < -0.39 is 0 Å². The molecule has 0 spiro atoms. The second kappa shape index (κ2) is 10.6. The van der Waals surface area contributed by atoms with Crippen molar-refractivity contribution >= 4 is 33.8 Å². The third kappa shape index (κ3) is 5.68. The smallest absolute Gasteiger partial charge is 0.224 e. The van der Waals surface area contributed by atoms with Gasteiger partial charge in [0.1, 0.15) is 0 Å². The van der Waals surface area contributed by atoms with Crippen molar-refractivity contribution in [1.29, 1.82) is 0 Å². The van der Waals surface area contributed by atoms with Crippen LogP contribution in [0.25, 0.3) is 10.8 Å². The lowest BCUT2D eigenvalue weighted by molar-refractivity contribution is -0.123. The van der Waals surface area contributed by atoms with E-state index in [1.165, 1.54) is 41.2 Å². The summed E-state index contributed by atoms with van der Waals surface area (Å²) in [6, 6.07) is 12.5. The molecule has 1 aliphatic carbocycles. The van der Waals surface area contributed by atoms with Gasteiger partial charge in [-0.15, -0.1) is 0 Å². The summed E-state index contributed by atoms with van der Waals surface area (Å²) in [5.41, 5.74) is 4.56. The molecule has 3 aromatic rings. The summed E-state index contributed by atoms with van der Waals surface area (Å²) in [5, 5.41) is 10.3. The number of ketones is 1. The number of carbonyl (C=O) groups is 2. The first-order valence-electron chi connectivity index (χ1n) is 13.1. The van der Waals surface area contributed by atoms with Crippen LogP contribution in [0.15, 0.2) is 47.2 Å². The average molecular weight is 489 g/mol. The van der Waals surface area contributed by atoms with Crippen LogP contribution in [0.2, 0.25) is 0 Å². The predicted octanol–water partition coefficient (Wildman–Crippen LogP) is 5.96. The molecule has 5 heteroatoms. The molecule has 1 aromatic heterocycles. The van der Waals surface area contributed by atoms with Gasteiger partial charge in [0.2, 0.25) is 5.91 Å². The topological polar surface area (TPSA) is 49.4 Å². The van der Waals surface area contributed by atoms with E-state index in [9.17, 15) is 9.59 Å². The van der Waals surface area contributed by atoms with Gasteiger partial charge in [0, 0.05) is 30.7 Å². The van der Waals surface area contributed by atoms with Crippen LogP contribution in [-0.2, 0) is 24.1 Å². The lowest BCUT2D eigenvalue weighted by atomic mass is 9.79. The first-order valence-corrected chi connectivity index (χ1v) is 14.1. The Balaban J connectivity index is 1.22. The highest BCUT2D eigenvalue weighted by Gasteiger charge is 2.34. The van der Waals surface area contributed by atoms with E-state index in [4.69, 9.17) is 0 Å². The highest BCUT2D eigenvalue weighted by Crippen LogP contribution is 2.32. The minimum atomic E-state index is -0.0845. The molecule has 2 heterocycles. The molecule has 0 unspecified atom stereocenters. The second-order valence-corrected chi connectivity index (χ2v) is 11.2. The van der Waals surface area contributed by atoms with E-state index in [-0.39, 0.29) is 17.2 Å². The molecule has 184 valence electrons. The average Bonchev–Trinajstić information content (AvgIpc) is 3.25. The third-order valence-corrected chi connectivity index (χ3v) is 8.85. The molecule has 1 saturated carbocycles. The maximum absolute atomic E-state index is 13.2. The standard InChI is InChI=1S/C30H36N2O2S/c1-22(33)24-9-8-23-10-15-32(16-11-25(23)18-24)17-14-30(12-3-2-4-13-30)31-29(34)19-26-6-5-7-27-20-35-21-28(26)27/h5-9,18,20-21H,2-4,10-17,19H2,1H3,(H,31,34). The van der Waals surface area contributed by atoms with Crippen molar-refractivity contribution in [3.8, 4) is 0 Å². The van der Waals surface area contributed by atoms with E-state index in [1.807, 2.05) is 6.07 Å². The molecule has 0 radical (unpaired) electrons. The molecule has 1 fully saturated rings. The summed E-state index contributed by atoms with van der Waals surface area (Å²) in [6.45, 7) is 4.70.